The highest BCUT2D eigenvalue weighted by Gasteiger charge is 2.10. The molecular formula is C15H16FN3O. The van der Waals surface area contributed by atoms with Crippen molar-refractivity contribution in [1.82, 2.24) is 14.5 Å². The van der Waals surface area contributed by atoms with E-state index in [2.05, 4.69) is 9.97 Å². The van der Waals surface area contributed by atoms with E-state index in [1.807, 2.05) is 18.2 Å². The first kappa shape index (κ1) is 14.1. The van der Waals surface area contributed by atoms with Crippen LogP contribution in [0.5, 0.6) is 0 Å². The molecule has 5 heteroatoms. The van der Waals surface area contributed by atoms with E-state index in [-0.39, 0.29) is 5.56 Å². The van der Waals surface area contributed by atoms with Crippen LogP contribution in [-0.4, -0.2) is 21.2 Å². The maximum Gasteiger partial charge on any atom is 0.257 e. The molecule has 0 N–H and O–H groups in total. The average molecular weight is 273 g/mol. The number of allylic oxidation sites excluding steroid dienone is 1. The van der Waals surface area contributed by atoms with Gasteiger partial charge < -0.3 is 0 Å². The number of aromatic nitrogens is 3. The third-order valence-electron chi connectivity index (χ3n) is 3.03. The zero-order valence-corrected chi connectivity index (χ0v) is 11.5. The Labute approximate surface area is 116 Å². The van der Waals surface area contributed by atoms with Crippen molar-refractivity contribution in [2.75, 3.05) is 6.67 Å². The Bertz CT molecular complexity index is 678. The van der Waals surface area contributed by atoms with Gasteiger partial charge in [0, 0.05) is 11.8 Å². The van der Waals surface area contributed by atoms with Gasteiger partial charge in [0.25, 0.3) is 5.56 Å². The molecule has 0 aliphatic carbocycles. The van der Waals surface area contributed by atoms with Gasteiger partial charge in [-0.3, -0.25) is 14.3 Å². The second-order valence-electron chi connectivity index (χ2n) is 4.44. The third kappa shape index (κ3) is 2.99. The lowest BCUT2D eigenvalue weighted by molar-refractivity contribution is 0.563. The van der Waals surface area contributed by atoms with Gasteiger partial charge >= 0.3 is 0 Å². The Balaban J connectivity index is 2.43. The van der Waals surface area contributed by atoms with Crippen molar-refractivity contribution in [3.8, 4) is 0 Å². The minimum atomic E-state index is -0.572. The molecule has 4 nitrogen and oxygen atoms in total. The molecular weight excluding hydrogens is 257 g/mol. The quantitative estimate of drug-likeness (QED) is 0.858. The first-order valence-electron chi connectivity index (χ1n) is 6.34. The van der Waals surface area contributed by atoms with Crippen molar-refractivity contribution in [2.45, 2.75) is 20.4 Å². The Kier molecular flexibility index (Phi) is 4.40. The second kappa shape index (κ2) is 6.23. The third-order valence-corrected chi connectivity index (χ3v) is 3.03. The van der Waals surface area contributed by atoms with Crippen LogP contribution in [0.4, 0.5) is 4.39 Å². The summed E-state index contributed by atoms with van der Waals surface area (Å²) in [5.41, 5.74) is 1.70. The van der Waals surface area contributed by atoms with E-state index in [1.54, 1.807) is 24.6 Å². The minimum absolute atomic E-state index is 0.123. The molecule has 0 unspecified atom stereocenters. The number of hydrogen-bond acceptors (Lipinski definition) is 3. The summed E-state index contributed by atoms with van der Waals surface area (Å²) < 4.78 is 13.7. The molecule has 0 aliphatic heterocycles. The summed E-state index contributed by atoms with van der Waals surface area (Å²) in [6, 6.07) is 5.56. The molecule has 0 fully saturated rings. The molecule has 2 aromatic rings. The molecule has 0 bridgehead atoms. The summed E-state index contributed by atoms with van der Waals surface area (Å²) in [4.78, 5) is 20.9. The fraction of sp³-hybridized carbons (Fsp3) is 0.267. The number of aryl methyl sites for hydroxylation is 1. The molecule has 104 valence electrons. The van der Waals surface area contributed by atoms with E-state index >= 15 is 0 Å². The van der Waals surface area contributed by atoms with Crippen LogP contribution in [0.25, 0.3) is 6.08 Å². The number of nitrogens with zero attached hydrogens (tertiary/aromatic N) is 3. The lowest BCUT2D eigenvalue weighted by Gasteiger charge is -2.11. The van der Waals surface area contributed by atoms with Crippen LogP contribution >= 0.6 is 0 Å². The van der Waals surface area contributed by atoms with Crippen molar-refractivity contribution in [1.29, 1.82) is 0 Å². The van der Waals surface area contributed by atoms with Crippen LogP contribution in [0, 0.1) is 13.8 Å². The van der Waals surface area contributed by atoms with Gasteiger partial charge in [-0.2, -0.15) is 0 Å². The SMILES string of the molecule is Cc1c(/C=C\CF)nc(C)n(Cc2ccccn2)c1=O. The molecule has 0 aromatic carbocycles. The summed E-state index contributed by atoms with van der Waals surface area (Å²) in [5, 5.41) is 0. The van der Waals surface area contributed by atoms with Crippen molar-refractivity contribution < 1.29 is 4.39 Å². The van der Waals surface area contributed by atoms with Gasteiger partial charge in [-0.15, -0.1) is 0 Å². The number of hydrogen-bond donors (Lipinski definition) is 0. The molecule has 2 aromatic heterocycles. The molecule has 0 atom stereocenters. The van der Waals surface area contributed by atoms with Crippen LogP contribution in [0.1, 0.15) is 22.8 Å². The Morgan fingerprint density at radius 2 is 2.15 bits per heavy atom. The maximum atomic E-state index is 12.3. The lowest BCUT2D eigenvalue weighted by atomic mass is 10.2. The normalized spacial score (nSPS) is 11.2. The Morgan fingerprint density at radius 3 is 2.80 bits per heavy atom. The molecule has 2 rings (SSSR count). The van der Waals surface area contributed by atoms with Gasteiger partial charge in [0.15, 0.2) is 0 Å². The number of pyridine rings is 1. The topological polar surface area (TPSA) is 47.8 Å². The first-order valence-corrected chi connectivity index (χ1v) is 6.34. The fourth-order valence-electron chi connectivity index (χ4n) is 1.94. The standard InChI is InChI=1S/C15H16FN3O/c1-11-14(7-5-8-16)18-12(2)19(15(11)20)10-13-6-3-4-9-17-13/h3-7,9H,8,10H2,1-2H3/b7-5-. The maximum absolute atomic E-state index is 12.3. The van der Waals surface area contributed by atoms with Gasteiger partial charge in [0.05, 0.1) is 17.9 Å². The van der Waals surface area contributed by atoms with Gasteiger partial charge in [-0.25, -0.2) is 9.37 Å². The van der Waals surface area contributed by atoms with Crippen LogP contribution in [0.15, 0.2) is 35.3 Å². The highest BCUT2D eigenvalue weighted by Crippen LogP contribution is 2.06. The van der Waals surface area contributed by atoms with Crippen LogP contribution in [-0.2, 0) is 6.54 Å². The van der Waals surface area contributed by atoms with E-state index in [9.17, 15) is 9.18 Å². The van der Waals surface area contributed by atoms with Gasteiger partial charge in [-0.05, 0) is 32.1 Å². The second-order valence-corrected chi connectivity index (χ2v) is 4.44. The molecule has 20 heavy (non-hydrogen) atoms. The van der Waals surface area contributed by atoms with E-state index < -0.39 is 6.67 Å². The largest absolute Gasteiger partial charge is 0.291 e. The zero-order chi connectivity index (χ0) is 14.5. The molecule has 0 saturated heterocycles. The average Bonchev–Trinajstić information content (AvgIpc) is 2.47. The molecule has 0 radical (unpaired) electrons. The number of alkyl halides is 1. The van der Waals surface area contributed by atoms with Crippen molar-refractivity contribution in [3.05, 3.63) is 63.6 Å². The van der Waals surface area contributed by atoms with E-state index in [4.69, 9.17) is 0 Å². The molecule has 2 heterocycles. The van der Waals surface area contributed by atoms with Crippen LogP contribution in [0.2, 0.25) is 0 Å². The summed E-state index contributed by atoms with van der Waals surface area (Å²) in [6.45, 7) is 3.27. The number of halogens is 1. The molecule has 0 saturated carbocycles. The monoisotopic (exact) mass is 273 g/mol. The smallest absolute Gasteiger partial charge is 0.257 e. The summed E-state index contributed by atoms with van der Waals surface area (Å²) in [6.07, 6.45) is 4.57. The summed E-state index contributed by atoms with van der Waals surface area (Å²) >= 11 is 0. The molecule has 0 aliphatic rings. The van der Waals surface area contributed by atoms with Crippen LogP contribution in [0.3, 0.4) is 0 Å². The molecule has 0 spiro atoms. The van der Waals surface area contributed by atoms with Gasteiger partial charge in [0.2, 0.25) is 0 Å². The summed E-state index contributed by atoms with van der Waals surface area (Å²) in [5.74, 6) is 0.588. The minimum Gasteiger partial charge on any atom is -0.291 e. The van der Waals surface area contributed by atoms with E-state index in [0.717, 1.165) is 5.69 Å². The first-order chi connectivity index (χ1) is 9.63. The lowest BCUT2D eigenvalue weighted by Crippen LogP contribution is -2.27. The van der Waals surface area contributed by atoms with Crippen molar-refractivity contribution in [3.63, 3.8) is 0 Å². The summed E-state index contributed by atoms with van der Waals surface area (Å²) in [7, 11) is 0. The van der Waals surface area contributed by atoms with E-state index in [0.29, 0.717) is 23.6 Å². The predicted octanol–water partition coefficient (Wildman–Crippen LogP) is 2.29. The predicted molar refractivity (Wildman–Crippen MR) is 76.3 cm³/mol. The van der Waals surface area contributed by atoms with Crippen molar-refractivity contribution in [2.24, 2.45) is 0 Å². The Morgan fingerprint density at radius 1 is 1.35 bits per heavy atom. The van der Waals surface area contributed by atoms with Crippen LogP contribution < -0.4 is 5.56 Å². The zero-order valence-electron chi connectivity index (χ0n) is 11.5. The molecule has 0 amide bonds. The highest BCUT2D eigenvalue weighted by atomic mass is 19.1. The van der Waals surface area contributed by atoms with Gasteiger partial charge in [0.1, 0.15) is 12.5 Å². The number of rotatable bonds is 4. The van der Waals surface area contributed by atoms with E-state index in [1.165, 1.54) is 12.2 Å². The van der Waals surface area contributed by atoms with Crippen molar-refractivity contribution >= 4 is 6.08 Å². The highest BCUT2D eigenvalue weighted by molar-refractivity contribution is 5.48. The fourth-order valence-corrected chi connectivity index (χ4v) is 1.94. The van der Waals surface area contributed by atoms with Gasteiger partial charge in [-0.1, -0.05) is 12.1 Å². The Hall–Kier alpha value is -2.30.